The number of fused-ring (bicyclic) bond motifs is 3. The van der Waals surface area contributed by atoms with Gasteiger partial charge in [-0.25, -0.2) is 0 Å². The quantitative estimate of drug-likeness (QED) is 0.732. The van der Waals surface area contributed by atoms with Crippen molar-refractivity contribution < 1.29 is 4.90 Å². The summed E-state index contributed by atoms with van der Waals surface area (Å²) in [7, 11) is 0. The lowest BCUT2D eigenvalue weighted by atomic mass is 10.0. The highest BCUT2D eigenvalue weighted by Crippen LogP contribution is 2.41. The van der Waals surface area contributed by atoms with Gasteiger partial charge < -0.3 is 4.90 Å². The van der Waals surface area contributed by atoms with Crippen molar-refractivity contribution in [3.63, 3.8) is 0 Å². The van der Waals surface area contributed by atoms with E-state index in [4.69, 9.17) is 0 Å². The molecule has 0 radical (unpaired) electrons. The van der Waals surface area contributed by atoms with Gasteiger partial charge in [0.05, 0.1) is 38.1 Å². The van der Waals surface area contributed by atoms with Crippen molar-refractivity contribution in [1.29, 1.82) is 0 Å². The second-order valence-corrected chi connectivity index (χ2v) is 7.22. The maximum atomic E-state index is 4.64. The smallest absolute Gasteiger partial charge is 0.140 e. The van der Waals surface area contributed by atoms with E-state index in [1.54, 1.807) is 11.1 Å². The SMILES string of the molecule is C(=N\N1CC[NH+](C2c3ccccc3-c3ccccc32)CC1)/c1ccccn1. The van der Waals surface area contributed by atoms with Gasteiger partial charge in [0.15, 0.2) is 0 Å². The van der Waals surface area contributed by atoms with Crippen molar-refractivity contribution in [3.8, 4) is 11.1 Å². The molecule has 0 spiro atoms. The fraction of sp³-hybridized carbons (Fsp3) is 0.217. The standard InChI is InChI=1S/C23H22N4/c1-3-10-21-19(8-1)20-9-2-4-11-22(20)23(21)26-13-15-27(16-14-26)25-17-18-7-5-6-12-24-18/h1-12,17,23H,13-16H2/p+1/b25-17+. The first-order valence-electron chi connectivity index (χ1n) is 9.63. The van der Waals surface area contributed by atoms with Crippen LogP contribution in [0.4, 0.5) is 0 Å². The van der Waals surface area contributed by atoms with Crippen LogP contribution in [0.25, 0.3) is 11.1 Å². The minimum atomic E-state index is 0.444. The van der Waals surface area contributed by atoms with E-state index in [0.717, 1.165) is 31.9 Å². The van der Waals surface area contributed by atoms with Gasteiger partial charge in [0, 0.05) is 17.3 Å². The predicted molar refractivity (Wildman–Crippen MR) is 108 cm³/mol. The van der Waals surface area contributed by atoms with E-state index in [1.807, 2.05) is 24.4 Å². The van der Waals surface area contributed by atoms with Crippen molar-refractivity contribution >= 4 is 6.21 Å². The average molecular weight is 355 g/mol. The van der Waals surface area contributed by atoms with E-state index in [0.29, 0.717) is 6.04 Å². The van der Waals surface area contributed by atoms with Gasteiger partial charge in [-0.05, 0) is 23.3 Å². The largest absolute Gasteiger partial charge is 0.322 e. The molecule has 2 heterocycles. The Morgan fingerprint density at radius 1 is 0.852 bits per heavy atom. The lowest BCUT2D eigenvalue weighted by molar-refractivity contribution is -0.929. The molecule has 4 heteroatoms. The third-order valence-electron chi connectivity index (χ3n) is 5.67. The van der Waals surface area contributed by atoms with E-state index < -0.39 is 0 Å². The highest BCUT2D eigenvalue weighted by atomic mass is 15.5. The monoisotopic (exact) mass is 355 g/mol. The Morgan fingerprint density at radius 3 is 2.11 bits per heavy atom. The molecule has 2 aromatic carbocycles. The Labute approximate surface area is 159 Å². The first kappa shape index (κ1) is 16.2. The first-order valence-corrected chi connectivity index (χ1v) is 9.63. The number of pyridine rings is 1. The summed E-state index contributed by atoms with van der Waals surface area (Å²) >= 11 is 0. The Hall–Kier alpha value is -2.98. The summed E-state index contributed by atoms with van der Waals surface area (Å²) < 4.78 is 0. The fourth-order valence-electron chi connectivity index (χ4n) is 4.37. The van der Waals surface area contributed by atoms with Crippen LogP contribution in [0.1, 0.15) is 22.9 Å². The summed E-state index contributed by atoms with van der Waals surface area (Å²) in [6.07, 6.45) is 3.67. The van der Waals surface area contributed by atoms with Crippen LogP contribution < -0.4 is 4.90 Å². The predicted octanol–water partition coefficient (Wildman–Crippen LogP) is 2.39. The van der Waals surface area contributed by atoms with Gasteiger partial charge in [0.1, 0.15) is 6.04 Å². The molecule has 1 aromatic heterocycles. The molecule has 0 saturated carbocycles. The van der Waals surface area contributed by atoms with Gasteiger partial charge in [0.2, 0.25) is 0 Å². The number of hydrogen-bond donors (Lipinski definition) is 1. The lowest BCUT2D eigenvalue weighted by Gasteiger charge is -2.34. The van der Waals surface area contributed by atoms with E-state index in [1.165, 1.54) is 22.3 Å². The molecule has 1 fully saturated rings. The minimum absolute atomic E-state index is 0.444. The molecule has 1 aliphatic carbocycles. The topological polar surface area (TPSA) is 32.9 Å². The summed E-state index contributed by atoms with van der Waals surface area (Å²) in [6.45, 7) is 4.12. The van der Waals surface area contributed by atoms with Crippen molar-refractivity contribution in [2.45, 2.75) is 6.04 Å². The van der Waals surface area contributed by atoms with Crippen LogP contribution in [0.3, 0.4) is 0 Å². The van der Waals surface area contributed by atoms with Crippen LogP contribution in [0.2, 0.25) is 0 Å². The molecule has 27 heavy (non-hydrogen) atoms. The Kier molecular flexibility index (Phi) is 4.18. The van der Waals surface area contributed by atoms with Crippen LogP contribution in [0.15, 0.2) is 78.0 Å². The number of piperazine rings is 1. The first-order chi connectivity index (χ1) is 13.4. The third kappa shape index (κ3) is 3.02. The molecule has 5 rings (SSSR count). The molecule has 0 unspecified atom stereocenters. The Balaban J connectivity index is 1.33. The molecule has 0 amide bonds. The Morgan fingerprint density at radius 2 is 1.48 bits per heavy atom. The molecule has 0 bridgehead atoms. The molecular weight excluding hydrogens is 332 g/mol. The van der Waals surface area contributed by atoms with Crippen molar-refractivity contribution in [1.82, 2.24) is 9.99 Å². The highest BCUT2D eigenvalue weighted by molar-refractivity contribution is 5.78. The van der Waals surface area contributed by atoms with E-state index in [9.17, 15) is 0 Å². The number of benzene rings is 2. The van der Waals surface area contributed by atoms with Gasteiger partial charge in [-0.15, -0.1) is 0 Å². The molecule has 0 atom stereocenters. The summed E-state index contributed by atoms with van der Waals surface area (Å²) in [5.74, 6) is 0. The minimum Gasteiger partial charge on any atom is -0.322 e. The molecule has 1 aliphatic heterocycles. The number of aromatic nitrogens is 1. The normalized spacial score (nSPS) is 17.3. The number of nitrogens with one attached hydrogen (secondary N) is 1. The van der Waals surface area contributed by atoms with E-state index in [2.05, 4.69) is 63.6 Å². The van der Waals surface area contributed by atoms with Crippen LogP contribution in [-0.2, 0) is 0 Å². The second kappa shape index (κ2) is 6.97. The molecule has 3 aromatic rings. The summed E-state index contributed by atoms with van der Waals surface area (Å²) in [4.78, 5) is 5.95. The maximum Gasteiger partial charge on any atom is 0.140 e. The molecule has 4 nitrogen and oxygen atoms in total. The second-order valence-electron chi connectivity index (χ2n) is 7.22. The summed E-state index contributed by atoms with van der Waals surface area (Å²) in [6, 6.07) is 24.1. The zero-order valence-electron chi connectivity index (χ0n) is 15.3. The number of rotatable bonds is 3. The van der Waals surface area contributed by atoms with Crippen molar-refractivity contribution in [2.24, 2.45) is 5.10 Å². The number of hydrazone groups is 1. The zero-order valence-corrected chi connectivity index (χ0v) is 15.3. The van der Waals surface area contributed by atoms with Gasteiger partial charge in [0.25, 0.3) is 0 Å². The fourth-order valence-corrected chi connectivity index (χ4v) is 4.37. The van der Waals surface area contributed by atoms with Crippen LogP contribution >= 0.6 is 0 Å². The van der Waals surface area contributed by atoms with Crippen LogP contribution in [0, 0.1) is 0 Å². The lowest BCUT2D eigenvalue weighted by Crippen LogP contribution is -3.14. The number of nitrogens with zero attached hydrogens (tertiary/aromatic N) is 3. The molecule has 1 saturated heterocycles. The van der Waals surface area contributed by atoms with Crippen molar-refractivity contribution in [2.75, 3.05) is 26.2 Å². The van der Waals surface area contributed by atoms with Crippen molar-refractivity contribution in [3.05, 3.63) is 89.7 Å². The summed E-state index contributed by atoms with van der Waals surface area (Å²) in [5.41, 5.74) is 6.66. The van der Waals surface area contributed by atoms with Gasteiger partial charge in [-0.1, -0.05) is 54.6 Å². The third-order valence-corrected chi connectivity index (χ3v) is 5.67. The van der Waals surface area contributed by atoms with E-state index in [-0.39, 0.29) is 0 Å². The molecule has 134 valence electrons. The number of hydrogen-bond acceptors (Lipinski definition) is 3. The zero-order chi connectivity index (χ0) is 18.1. The summed E-state index contributed by atoms with van der Waals surface area (Å²) in [5, 5.41) is 6.81. The Bertz CT molecular complexity index is 913. The highest BCUT2D eigenvalue weighted by Gasteiger charge is 2.37. The van der Waals surface area contributed by atoms with Gasteiger partial charge >= 0.3 is 0 Å². The maximum absolute atomic E-state index is 4.64. The van der Waals surface area contributed by atoms with Crippen LogP contribution in [0.5, 0.6) is 0 Å². The van der Waals surface area contributed by atoms with Crippen LogP contribution in [-0.4, -0.2) is 42.4 Å². The molecule has 1 N–H and O–H groups in total. The molecule has 2 aliphatic rings. The van der Waals surface area contributed by atoms with Gasteiger partial charge in [-0.3, -0.25) is 9.99 Å². The average Bonchev–Trinajstić information content (AvgIpc) is 3.08. The number of quaternary nitrogens is 1. The van der Waals surface area contributed by atoms with Gasteiger partial charge in [-0.2, -0.15) is 5.10 Å². The molecular formula is C23H23N4+. The van der Waals surface area contributed by atoms with E-state index >= 15 is 0 Å².